The molecule has 1 N–H and O–H groups in total. The third-order valence-electron chi connectivity index (χ3n) is 3.07. The molecule has 2 aromatic carbocycles. The lowest BCUT2D eigenvalue weighted by atomic mass is 10.2. The van der Waals surface area contributed by atoms with Crippen molar-refractivity contribution in [1.29, 1.82) is 0 Å². The lowest BCUT2D eigenvalue weighted by Crippen LogP contribution is -2.08. The van der Waals surface area contributed by atoms with Crippen LogP contribution in [0.1, 0.15) is 11.1 Å². The van der Waals surface area contributed by atoms with Gasteiger partial charge in [0.15, 0.2) is 0 Å². The highest BCUT2D eigenvalue weighted by atomic mass is 32.2. The van der Waals surface area contributed by atoms with Crippen molar-refractivity contribution in [2.45, 2.75) is 5.75 Å². The molecule has 0 saturated carbocycles. The number of carbonyl (C=O) groups is 1. The first-order chi connectivity index (χ1) is 11.4. The van der Waals surface area contributed by atoms with E-state index in [1.54, 1.807) is 36.6 Å². The molecule has 1 atom stereocenters. The molecule has 0 radical (unpaired) electrons. The summed E-state index contributed by atoms with van der Waals surface area (Å²) in [4.78, 5) is 22.2. The number of hydrogen-bond acceptors (Lipinski definition) is 4. The van der Waals surface area contributed by atoms with E-state index in [9.17, 15) is 19.1 Å². The van der Waals surface area contributed by atoms with Crippen molar-refractivity contribution in [3.8, 4) is 0 Å². The van der Waals surface area contributed by atoms with Crippen LogP contribution in [0.4, 0.5) is 11.4 Å². The van der Waals surface area contributed by atoms with E-state index in [0.29, 0.717) is 17.0 Å². The molecule has 7 heteroatoms. The Labute approximate surface area is 141 Å². The molecule has 24 heavy (non-hydrogen) atoms. The zero-order valence-electron chi connectivity index (χ0n) is 13.0. The Morgan fingerprint density at radius 3 is 2.71 bits per heavy atom. The van der Waals surface area contributed by atoms with Gasteiger partial charge in [0.2, 0.25) is 5.91 Å². The predicted molar refractivity (Wildman–Crippen MR) is 95.0 cm³/mol. The van der Waals surface area contributed by atoms with Crippen LogP contribution in [0.3, 0.4) is 0 Å². The van der Waals surface area contributed by atoms with Gasteiger partial charge in [-0.15, -0.1) is 0 Å². The zero-order valence-corrected chi connectivity index (χ0v) is 13.8. The monoisotopic (exact) mass is 344 g/mol. The SMILES string of the molecule is C[S@@](=O)Cc1cccc(NC(=O)/C=C\c2cccc([N+](=O)[O-])c2)c1. The van der Waals surface area contributed by atoms with Crippen LogP contribution in [0.25, 0.3) is 6.08 Å². The molecule has 124 valence electrons. The number of nitrogens with one attached hydrogen (secondary N) is 1. The first-order valence-electron chi connectivity index (χ1n) is 7.06. The Balaban J connectivity index is 2.04. The number of carbonyl (C=O) groups excluding carboxylic acids is 1. The van der Waals surface area contributed by atoms with Crippen LogP contribution >= 0.6 is 0 Å². The van der Waals surface area contributed by atoms with E-state index in [0.717, 1.165) is 5.56 Å². The molecular weight excluding hydrogens is 328 g/mol. The summed E-state index contributed by atoms with van der Waals surface area (Å²) in [6.07, 6.45) is 4.43. The van der Waals surface area contributed by atoms with Crippen molar-refractivity contribution in [2.75, 3.05) is 11.6 Å². The second-order valence-electron chi connectivity index (χ2n) is 5.09. The van der Waals surface area contributed by atoms with Gasteiger partial charge in [-0.05, 0) is 29.3 Å². The second kappa shape index (κ2) is 8.16. The van der Waals surface area contributed by atoms with Crippen LogP contribution in [0.2, 0.25) is 0 Å². The largest absolute Gasteiger partial charge is 0.323 e. The minimum absolute atomic E-state index is 0.0298. The van der Waals surface area contributed by atoms with Crippen molar-refractivity contribution in [2.24, 2.45) is 0 Å². The third kappa shape index (κ3) is 5.44. The van der Waals surface area contributed by atoms with Gasteiger partial charge in [-0.25, -0.2) is 0 Å². The maximum absolute atomic E-state index is 11.9. The second-order valence-corrected chi connectivity index (χ2v) is 6.53. The first-order valence-corrected chi connectivity index (χ1v) is 8.79. The number of nitro benzene ring substituents is 1. The van der Waals surface area contributed by atoms with Gasteiger partial charge in [0.05, 0.1) is 4.92 Å². The fraction of sp³-hybridized carbons (Fsp3) is 0.118. The van der Waals surface area contributed by atoms with Gasteiger partial charge in [-0.1, -0.05) is 24.3 Å². The Morgan fingerprint density at radius 2 is 2.00 bits per heavy atom. The number of benzene rings is 2. The van der Waals surface area contributed by atoms with E-state index < -0.39 is 15.7 Å². The standard InChI is InChI=1S/C17H16N2O4S/c1-24(23)12-14-5-2-6-15(10-14)18-17(20)9-8-13-4-3-7-16(11-13)19(21)22/h2-11H,12H2,1H3,(H,18,20)/b9-8-/t24-/m1/s1. The Bertz CT molecular complexity index is 818. The summed E-state index contributed by atoms with van der Waals surface area (Å²) in [5.41, 5.74) is 2.01. The third-order valence-corrected chi connectivity index (χ3v) is 3.81. The zero-order chi connectivity index (χ0) is 17.5. The fourth-order valence-electron chi connectivity index (χ4n) is 2.07. The van der Waals surface area contributed by atoms with E-state index in [-0.39, 0.29) is 11.6 Å². The lowest BCUT2D eigenvalue weighted by Gasteiger charge is -2.04. The minimum Gasteiger partial charge on any atom is -0.323 e. The average Bonchev–Trinajstić information content (AvgIpc) is 2.53. The Morgan fingerprint density at radius 1 is 1.25 bits per heavy atom. The number of nitrogens with zero attached hydrogens (tertiary/aromatic N) is 1. The van der Waals surface area contributed by atoms with Gasteiger partial charge in [-0.2, -0.15) is 0 Å². The van der Waals surface area contributed by atoms with Gasteiger partial charge in [0.25, 0.3) is 5.69 Å². The molecule has 2 aromatic rings. The molecule has 0 aromatic heterocycles. The summed E-state index contributed by atoms with van der Waals surface area (Å²) >= 11 is 0. The van der Waals surface area contributed by atoms with Crippen molar-refractivity contribution in [3.05, 3.63) is 75.8 Å². The summed E-state index contributed by atoms with van der Waals surface area (Å²) in [6, 6.07) is 13.1. The van der Waals surface area contributed by atoms with Crippen LogP contribution < -0.4 is 5.32 Å². The number of anilines is 1. The number of hydrogen-bond donors (Lipinski definition) is 1. The van der Waals surface area contributed by atoms with Crippen LogP contribution in [-0.4, -0.2) is 21.3 Å². The maximum Gasteiger partial charge on any atom is 0.270 e. The average molecular weight is 344 g/mol. The normalized spacial score (nSPS) is 12.0. The lowest BCUT2D eigenvalue weighted by molar-refractivity contribution is -0.384. The molecule has 0 spiro atoms. The summed E-state index contributed by atoms with van der Waals surface area (Å²) in [5, 5.41) is 13.4. The molecule has 0 heterocycles. The van der Waals surface area contributed by atoms with Gasteiger partial charge in [0.1, 0.15) is 0 Å². The van der Waals surface area contributed by atoms with Gasteiger partial charge >= 0.3 is 0 Å². The molecule has 1 amide bonds. The van der Waals surface area contributed by atoms with E-state index >= 15 is 0 Å². The van der Waals surface area contributed by atoms with Crippen molar-refractivity contribution in [1.82, 2.24) is 0 Å². The highest BCUT2D eigenvalue weighted by molar-refractivity contribution is 7.83. The molecule has 0 saturated heterocycles. The molecule has 0 fully saturated rings. The maximum atomic E-state index is 11.9. The van der Waals surface area contributed by atoms with Gasteiger partial charge < -0.3 is 5.32 Å². The molecule has 2 rings (SSSR count). The minimum atomic E-state index is -0.954. The summed E-state index contributed by atoms with van der Waals surface area (Å²) < 4.78 is 11.2. The Kier molecular flexibility index (Phi) is 5.97. The molecular formula is C17H16N2O4S. The quantitative estimate of drug-likeness (QED) is 0.495. The summed E-state index contributed by atoms with van der Waals surface area (Å²) in [5.74, 6) is 0.0732. The summed E-state index contributed by atoms with van der Waals surface area (Å²) in [6.45, 7) is 0. The fourth-order valence-corrected chi connectivity index (χ4v) is 2.72. The van der Waals surface area contributed by atoms with E-state index in [1.807, 2.05) is 6.07 Å². The first kappa shape index (κ1) is 17.6. The molecule has 0 aliphatic carbocycles. The number of nitro groups is 1. The topological polar surface area (TPSA) is 89.3 Å². The van der Waals surface area contributed by atoms with E-state index in [2.05, 4.69) is 5.32 Å². The number of amides is 1. The van der Waals surface area contributed by atoms with Crippen LogP contribution in [0.5, 0.6) is 0 Å². The highest BCUT2D eigenvalue weighted by Crippen LogP contribution is 2.15. The van der Waals surface area contributed by atoms with Crippen LogP contribution in [-0.2, 0) is 21.3 Å². The van der Waals surface area contributed by atoms with Gasteiger partial charge in [-0.3, -0.25) is 19.1 Å². The van der Waals surface area contributed by atoms with Gasteiger partial charge in [0, 0.05) is 46.7 Å². The van der Waals surface area contributed by atoms with Crippen LogP contribution in [0.15, 0.2) is 54.6 Å². The molecule has 0 unspecified atom stereocenters. The van der Waals surface area contributed by atoms with E-state index in [1.165, 1.54) is 24.3 Å². The highest BCUT2D eigenvalue weighted by Gasteiger charge is 2.05. The van der Waals surface area contributed by atoms with Crippen molar-refractivity contribution in [3.63, 3.8) is 0 Å². The molecule has 0 aliphatic heterocycles. The number of rotatable bonds is 6. The van der Waals surface area contributed by atoms with Crippen LogP contribution in [0, 0.1) is 10.1 Å². The Hall–Kier alpha value is -2.80. The number of non-ortho nitro benzene ring substituents is 1. The van der Waals surface area contributed by atoms with Crippen molar-refractivity contribution >= 4 is 34.2 Å². The van der Waals surface area contributed by atoms with Crippen molar-refractivity contribution < 1.29 is 13.9 Å². The molecule has 0 bridgehead atoms. The molecule has 0 aliphatic rings. The summed E-state index contributed by atoms with van der Waals surface area (Å²) in [7, 11) is -0.954. The van der Waals surface area contributed by atoms with E-state index in [4.69, 9.17) is 0 Å². The smallest absolute Gasteiger partial charge is 0.270 e. The predicted octanol–water partition coefficient (Wildman–Crippen LogP) is 3.13. The molecule has 6 nitrogen and oxygen atoms in total.